The molecule has 1 amide bonds. The number of methoxy groups -OCH3 is 1. The smallest absolute Gasteiger partial charge is 0.300 e. The number of Topliss-reactive ketones (excluding diaryl/α,β-unsaturated/α-hetero) is 1. The zero-order chi connectivity index (χ0) is 24.6. The SMILES string of the molecule is COc1ccc(C(C)(C)C)cc1/C(O)=C1\C(=O)C(=O)N(c2ccc(C#N)cc2)C1c1cccs1. The predicted molar refractivity (Wildman–Crippen MR) is 132 cm³/mol. The van der Waals surface area contributed by atoms with Gasteiger partial charge in [0.1, 0.15) is 17.6 Å². The van der Waals surface area contributed by atoms with Crippen molar-refractivity contribution in [1.29, 1.82) is 5.26 Å². The molecule has 4 rings (SSSR count). The van der Waals surface area contributed by atoms with Crippen molar-refractivity contribution in [2.75, 3.05) is 12.0 Å². The quantitative estimate of drug-likeness (QED) is 0.305. The minimum Gasteiger partial charge on any atom is -0.507 e. The molecule has 1 fully saturated rings. The van der Waals surface area contributed by atoms with Crippen molar-refractivity contribution in [3.8, 4) is 11.8 Å². The first-order chi connectivity index (χ1) is 16.2. The number of ketones is 1. The second-order valence-corrected chi connectivity index (χ2v) is 9.99. The van der Waals surface area contributed by atoms with Crippen LogP contribution in [0, 0.1) is 11.3 Å². The summed E-state index contributed by atoms with van der Waals surface area (Å²) in [4.78, 5) is 28.7. The maximum atomic E-state index is 13.3. The third kappa shape index (κ3) is 3.97. The van der Waals surface area contributed by atoms with Gasteiger partial charge in [-0.25, -0.2) is 0 Å². The first-order valence-corrected chi connectivity index (χ1v) is 11.6. The average molecular weight is 473 g/mol. The van der Waals surface area contributed by atoms with Gasteiger partial charge in [-0.2, -0.15) is 5.26 Å². The minimum absolute atomic E-state index is 0.00108. The van der Waals surface area contributed by atoms with Crippen molar-refractivity contribution >= 4 is 34.5 Å². The number of rotatable bonds is 4. The van der Waals surface area contributed by atoms with Crippen molar-refractivity contribution in [2.24, 2.45) is 0 Å². The summed E-state index contributed by atoms with van der Waals surface area (Å²) in [5, 5.41) is 22.5. The number of nitriles is 1. The lowest BCUT2D eigenvalue weighted by atomic mass is 9.85. The Labute approximate surface area is 202 Å². The molecule has 1 saturated heterocycles. The Morgan fingerprint density at radius 1 is 1.12 bits per heavy atom. The molecule has 1 unspecified atom stereocenters. The topological polar surface area (TPSA) is 90.6 Å². The number of benzene rings is 2. The molecule has 2 heterocycles. The van der Waals surface area contributed by atoms with Crippen LogP contribution in [0.2, 0.25) is 0 Å². The zero-order valence-corrected chi connectivity index (χ0v) is 20.1. The van der Waals surface area contributed by atoms with Gasteiger partial charge < -0.3 is 9.84 Å². The van der Waals surface area contributed by atoms with Gasteiger partial charge in [0.05, 0.1) is 29.9 Å². The fourth-order valence-corrected chi connectivity index (χ4v) is 4.84. The normalized spacial score (nSPS) is 17.6. The van der Waals surface area contributed by atoms with Crippen LogP contribution in [-0.2, 0) is 15.0 Å². The molecular weight excluding hydrogens is 448 g/mol. The molecule has 0 radical (unpaired) electrons. The number of thiophene rings is 1. The van der Waals surface area contributed by atoms with Gasteiger partial charge in [-0.3, -0.25) is 14.5 Å². The van der Waals surface area contributed by atoms with E-state index in [0.717, 1.165) is 10.4 Å². The number of hydrogen-bond acceptors (Lipinski definition) is 6. The highest BCUT2D eigenvalue weighted by Gasteiger charge is 2.47. The largest absolute Gasteiger partial charge is 0.507 e. The number of nitrogens with zero attached hydrogens (tertiary/aromatic N) is 2. The number of aliphatic hydroxyl groups is 1. The fraction of sp³-hybridized carbons (Fsp3) is 0.222. The van der Waals surface area contributed by atoms with Crippen LogP contribution in [0.3, 0.4) is 0 Å². The second kappa shape index (κ2) is 8.81. The summed E-state index contributed by atoms with van der Waals surface area (Å²) in [6, 6.07) is 16.8. The van der Waals surface area contributed by atoms with Crippen LogP contribution >= 0.6 is 11.3 Å². The molecule has 1 aliphatic rings. The highest BCUT2D eigenvalue weighted by Crippen LogP contribution is 2.45. The molecular formula is C27H24N2O4S. The average Bonchev–Trinajstić information content (AvgIpc) is 3.44. The summed E-state index contributed by atoms with van der Waals surface area (Å²) < 4.78 is 5.49. The van der Waals surface area contributed by atoms with E-state index in [1.807, 2.05) is 44.4 Å². The minimum atomic E-state index is -0.809. The lowest BCUT2D eigenvalue weighted by Crippen LogP contribution is -2.29. The molecule has 0 aliphatic carbocycles. The summed E-state index contributed by atoms with van der Waals surface area (Å²) >= 11 is 1.39. The van der Waals surface area contributed by atoms with Gasteiger partial charge in [0.25, 0.3) is 11.7 Å². The molecule has 1 atom stereocenters. The zero-order valence-electron chi connectivity index (χ0n) is 19.3. The van der Waals surface area contributed by atoms with Crippen molar-refractivity contribution in [3.63, 3.8) is 0 Å². The molecule has 2 aromatic carbocycles. The lowest BCUT2D eigenvalue weighted by molar-refractivity contribution is -0.132. The van der Waals surface area contributed by atoms with Crippen LogP contribution in [-0.4, -0.2) is 23.9 Å². The number of carbonyl (C=O) groups is 2. The van der Waals surface area contributed by atoms with E-state index >= 15 is 0 Å². The Morgan fingerprint density at radius 2 is 1.82 bits per heavy atom. The van der Waals surface area contributed by atoms with Gasteiger partial charge in [-0.05, 0) is 58.8 Å². The molecule has 0 saturated carbocycles. The van der Waals surface area contributed by atoms with Crippen LogP contribution < -0.4 is 9.64 Å². The summed E-state index contributed by atoms with van der Waals surface area (Å²) in [7, 11) is 1.50. The van der Waals surface area contributed by atoms with Crippen LogP contribution in [0.25, 0.3) is 5.76 Å². The van der Waals surface area contributed by atoms with E-state index in [1.165, 1.54) is 23.3 Å². The maximum absolute atomic E-state index is 13.3. The van der Waals surface area contributed by atoms with Gasteiger partial charge >= 0.3 is 0 Å². The van der Waals surface area contributed by atoms with Gasteiger partial charge in [-0.1, -0.05) is 32.9 Å². The Hall–Kier alpha value is -3.89. The van der Waals surface area contributed by atoms with E-state index in [1.54, 1.807) is 36.4 Å². The number of hydrogen-bond donors (Lipinski definition) is 1. The fourth-order valence-electron chi connectivity index (χ4n) is 4.02. The van der Waals surface area contributed by atoms with Gasteiger partial charge in [0, 0.05) is 10.6 Å². The highest BCUT2D eigenvalue weighted by molar-refractivity contribution is 7.10. The Bertz CT molecular complexity index is 1330. The van der Waals surface area contributed by atoms with Gasteiger partial charge in [-0.15, -0.1) is 11.3 Å². The summed E-state index contributed by atoms with van der Waals surface area (Å²) in [6.45, 7) is 6.15. The summed E-state index contributed by atoms with van der Waals surface area (Å²) in [5.41, 5.74) is 2.01. The molecule has 34 heavy (non-hydrogen) atoms. The Morgan fingerprint density at radius 3 is 2.38 bits per heavy atom. The Kier molecular flexibility index (Phi) is 6.03. The monoisotopic (exact) mass is 472 g/mol. The Balaban J connectivity index is 1.95. The standard InChI is InChI=1S/C27H24N2O4S/c1-27(2,3)17-9-12-20(33-4)19(14-17)24(30)22-23(21-6-5-13-34-21)29(26(32)25(22)31)18-10-7-16(15-28)8-11-18/h5-14,23,30H,1-4H3/b24-22+. The van der Waals surface area contributed by atoms with Crippen molar-refractivity contribution in [3.05, 3.63) is 87.1 Å². The van der Waals surface area contributed by atoms with E-state index in [-0.39, 0.29) is 16.7 Å². The summed E-state index contributed by atoms with van der Waals surface area (Å²) in [5.74, 6) is -1.39. The maximum Gasteiger partial charge on any atom is 0.300 e. The van der Waals surface area contributed by atoms with E-state index in [0.29, 0.717) is 22.6 Å². The van der Waals surface area contributed by atoms with Crippen molar-refractivity contribution in [2.45, 2.75) is 32.2 Å². The predicted octanol–water partition coefficient (Wildman–Crippen LogP) is 5.55. The molecule has 0 bridgehead atoms. The summed E-state index contributed by atoms with van der Waals surface area (Å²) in [6.07, 6.45) is 0. The van der Waals surface area contributed by atoms with E-state index in [4.69, 9.17) is 10.00 Å². The molecule has 1 aliphatic heterocycles. The first kappa shape index (κ1) is 23.3. The van der Waals surface area contributed by atoms with E-state index in [9.17, 15) is 14.7 Å². The van der Waals surface area contributed by atoms with Crippen LogP contribution in [0.1, 0.15) is 48.4 Å². The molecule has 1 aromatic heterocycles. The highest BCUT2D eigenvalue weighted by atomic mass is 32.1. The van der Waals surface area contributed by atoms with Crippen LogP contribution in [0.15, 0.2) is 65.6 Å². The third-order valence-corrected chi connectivity index (χ3v) is 6.78. The van der Waals surface area contributed by atoms with Gasteiger partial charge in [0.15, 0.2) is 0 Å². The number of amides is 1. The number of carbonyl (C=O) groups excluding carboxylic acids is 2. The van der Waals surface area contributed by atoms with E-state index in [2.05, 4.69) is 6.07 Å². The van der Waals surface area contributed by atoms with Crippen molar-refractivity contribution in [1.82, 2.24) is 0 Å². The lowest BCUT2D eigenvalue weighted by Gasteiger charge is -2.25. The van der Waals surface area contributed by atoms with Crippen molar-refractivity contribution < 1.29 is 19.4 Å². The van der Waals surface area contributed by atoms with E-state index < -0.39 is 17.7 Å². The number of aliphatic hydroxyl groups excluding tert-OH is 1. The molecule has 6 nitrogen and oxygen atoms in total. The van der Waals surface area contributed by atoms with Gasteiger partial charge in [0.2, 0.25) is 0 Å². The number of ether oxygens (including phenoxy) is 1. The molecule has 0 spiro atoms. The second-order valence-electron chi connectivity index (χ2n) is 9.01. The molecule has 7 heteroatoms. The van der Waals surface area contributed by atoms with Crippen LogP contribution in [0.4, 0.5) is 5.69 Å². The molecule has 3 aromatic rings. The van der Waals surface area contributed by atoms with Crippen LogP contribution in [0.5, 0.6) is 5.75 Å². The molecule has 1 N–H and O–H groups in total. The third-order valence-electron chi connectivity index (χ3n) is 5.85. The number of anilines is 1. The molecule has 172 valence electrons. The first-order valence-electron chi connectivity index (χ1n) is 10.7.